The molecule has 0 aliphatic carbocycles. The minimum Gasteiger partial charge on any atom is -0.363 e. The summed E-state index contributed by atoms with van der Waals surface area (Å²) in [6.45, 7) is 8.80. The van der Waals surface area contributed by atoms with Crippen LogP contribution in [0.2, 0.25) is 0 Å². The monoisotopic (exact) mass is 339 g/mol. The summed E-state index contributed by atoms with van der Waals surface area (Å²) in [6.07, 6.45) is 0. The van der Waals surface area contributed by atoms with E-state index in [2.05, 4.69) is 47.9 Å². The first kappa shape index (κ1) is 17.4. The molecule has 0 bridgehead atoms. The van der Waals surface area contributed by atoms with Gasteiger partial charge in [0.25, 0.3) is 5.69 Å². The summed E-state index contributed by atoms with van der Waals surface area (Å²) in [6, 6.07) is 15.9. The fourth-order valence-corrected chi connectivity index (χ4v) is 3.30. The van der Waals surface area contributed by atoms with Gasteiger partial charge in [-0.1, -0.05) is 50.2 Å². The second kappa shape index (κ2) is 7.66. The molecular weight excluding hydrogens is 314 g/mol. The molecule has 5 heteroatoms. The van der Waals surface area contributed by atoms with Crippen LogP contribution in [0.5, 0.6) is 0 Å². The molecule has 1 fully saturated rings. The number of anilines is 1. The highest BCUT2D eigenvalue weighted by molar-refractivity contribution is 5.63. The van der Waals surface area contributed by atoms with Crippen molar-refractivity contribution in [3.63, 3.8) is 0 Å². The molecule has 0 N–H and O–H groups in total. The van der Waals surface area contributed by atoms with Crippen LogP contribution in [0, 0.1) is 10.1 Å². The van der Waals surface area contributed by atoms with Crippen molar-refractivity contribution in [1.82, 2.24) is 4.90 Å². The Labute approximate surface area is 149 Å². The third-order valence-electron chi connectivity index (χ3n) is 4.84. The van der Waals surface area contributed by atoms with Crippen molar-refractivity contribution >= 4 is 11.4 Å². The largest absolute Gasteiger partial charge is 0.363 e. The number of para-hydroxylation sites is 2. The van der Waals surface area contributed by atoms with Crippen molar-refractivity contribution in [3.05, 3.63) is 69.8 Å². The number of piperazine rings is 1. The van der Waals surface area contributed by atoms with Crippen molar-refractivity contribution in [2.75, 3.05) is 31.1 Å². The Morgan fingerprint density at radius 3 is 2.24 bits per heavy atom. The maximum atomic E-state index is 11.2. The Balaban J connectivity index is 1.60. The number of rotatable bonds is 5. The van der Waals surface area contributed by atoms with Crippen molar-refractivity contribution < 1.29 is 4.92 Å². The Morgan fingerprint density at radius 2 is 1.64 bits per heavy atom. The van der Waals surface area contributed by atoms with Gasteiger partial charge in [-0.2, -0.15) is 0 Å². The summed E-state index contributed by atoms with van der Waals surface area (Å²) in [5, 5.41) is 11.2. The average Bonchev–Trinajstić information content (AvgIpc) is 2.63. The van der Waals surface area contributed by atoms with E-state index >= 15 is 0 Å². The summed E-state index contributed by atoms with van der Waals surface area (Å²) in [4.78, 5) is 15.5. The number of nitro groups is 1. The maximum Gasteiger partial charge on any atom is 0.292 e. The van der Waals surface area contributed by atoms with Crippen molar-refractivity contribution in [3.8, 4) is 0 Å². The van der Waals surface area contributed by atoms with Crippen LogP contribution < -0.4 is 4.90 Å². The van der Waals surface area contributed by atoms with E-state index in [1.165, 1.54) is 11.1 Å². The first-order chi connectivity index (χ1) is 12.0. The van der Waals surface area contributed by atoms with E-state index in [4.69, 9.17) is 0 Å². The summed E-state index contributed by atoms with van der Waals surface area (Å²) in [5.41, 5.74) is 3.61. The minimum absolute atomic E-state index is 0.195. The normalized spacial score (nSPS) is 15.6. The van der Waals surface area contributed by atoms with Crippen molar-refractivity contribution in [2.24, 2.45) is 0 Å². The standard InChI is InChI=1S/C20H25N3O2/c1-16(2)18-9-7-17(8-10-18)15-21-11-13-22(14-12-21)19-5-3-4-6-20(19)23(24)25/h3-10,16H,11-15H2,1-2H3. The van der Waals surface area contributed by atoms with Gasteiger partial charge in [-0.3, -0.25) is 15.0 Å². The fourth-order valence-electron chi connectivity index (χ4n) is 3.30. The van der Waals surface area contributed by atoms with Gasteiger partial charge < -0.3 is 4.90 Å². The van der Waals surface area contributed by atoms with E-state index in [0.29, 0.717) is 5.92 Å². The molecule has 2 aromatic rings. The number of hydrogen-bond acceptors (Lipinski definition) is 4. The summed E-state index contributed by atoms with van der Waals surface area (Å²) >= 11 is 0. The van der Waals surface area contributed by atoms with E-state index < -0.39 is 0 Å². The third-order valence-corrected chi connectivity index (χ3v) is 4.84. The van der Waals surface area contributed by atoms with Gasteiger partial charge in [0.15, 0.2) is 0 Å². The summed E-state index contributed by atoms with van der Waals surface area (Å²) in [7, 11) is 0. The van der Waals surface area contributed by atoms with Gasteiger partial charge in [0.2, 0.25) is 0 Å². The van der Waals surface area contributed by atoms with Crippen molar-refractivity contribution in [1.29, 1.82) is 0 Å². The number of nitrogens with zero attached hydrogens (tertiary/aromatic N) is 3. The number of hydrogen-bond donors (Lipinski definition) is 0. The van der Waals surface area contributed by atoms with Crippen LogP contribution >= 0.6 is 0 Å². The Kier molecular flexibility index (Phi) is 5.34. The molecule has 0 spiro atoms. The first-order valence-corrected chi connectivity index (χ1v) is 8.84. The quantitative estimate of drug-likeness (QED) is 0.609. The van der Waals surface area contributed by atoms with Crippen LogP contribution in [0.25, 0.3) is 0 Å². The lowest BCUT2D eigenvalue weighted by Gasteiger charge is -2.35. The summed E-state index contributed by atoms with van der Waals surface area (Å²) in [5.74, 6) is 0.555. The maximum absolute atomic E-state index is 11.2. The fraction of sp³-hybridized carbons (Fsp3) is 0.400. The first-order valence-electron chi connectivity index (χ1n) is 8.84. The van der Waals surface area contributed by atoms with Crippen LogP contribution in [0.3, 0.4) is 0 Å². The lowest BCUT2D eigenvalue weighted by molar-refractivity contribution is -0.384. The second-order valence-electron chi connectivity index (χ2n) is 6.91. The molecular formula is C20H25N3O2. The highest BCUT2D eigenvalue weighted by atomic mass is 16.6. The van der Waals surface area contributed by atoms with Gasteiger partial charge in [0.05, 0.1) is 4.92 Å². The Morgan fingerprint density at radius 1 is 1.00 bits per heavy atom. The molecule has 5 nitrogen and oxygen atoms in total. The SMILES string of the molecule is CC(C)c1ccc(CN2CCN(c3ccccc3[N+](=O)[O-])CC2)cc1. The van der Waals surface area contributed by atoms with Crippen LogP contribution in [0.1, 0.15) is 30.9 Å². The highest BCUT2D eigenvalue weighted by Gasteiger charge is 2.23. The minimum atomic E-state index is -0.294. The molecule has 25 heavy (non-hydrogen) atoms. The topological polar surface area (TPSA) is 49.6 Å². The lowest BCUT2D eigenvalue weighted by Crippen LogP contribution is -2.46. The number of benzene rings is 2. The molecule has 2 aromatic carbocycles. The van der Waals surface area contributed by atoms with Gasteiger partial charge in [-0.15, -0.1) is 0 Å². The van der Waals surface area contributed by atoms with E-state index in [0.717, 1.165) is 38.4 Å². The number of nitro benzene ring substituents is 1. The predicted octanol–water partition coefficient (Wildman–Crippen LogP) is 4.04. The second-order valence-corrected chi connectivity index (χ2v) is 6.91. The molecule has 0 saturated carbocycles. The zero-order valence-electron chi connectivity index (χ0n) is 14.9. The van der Waals surface area contributed by atoms with Gasteiger partial charge in [-0.05, 0) is 23.1 Å². The molecule has 0 aromatic heterocycles. The molecule has 1 aliphatic rings. The molecule has 1 saturated heterocycles. The average molecular weight is 339 g/mol. The van der Waals surface area contributed by atoms with Crippen LogP contribution in [0.15, 0.2) is 48.5 Å². The van der Waals surface area contributed by atoms with Crippen LogP contribution in [0.4, 0.5) is 11.4 Å². The predicted molar refractivity (Wildman–Crippen MR) is 101 cm³/mol. The summed E-state index contributed by atoms with van der Waals surface area (Å²) < 4.78 is 0. The smallest absolute Gasteiger partial charge is 0.292 e. The Hall–Kier alpha value is -2.40. The van der Waals surface area contributed by atoms with Gasteiger partial charge in [0.1, 0.15) is 5.69 Å². The molecule has 1 aliphatic heterocycles. The molecule has 1 heterocycles. The zero-order valence-corrected chi connectivity index (χ0v) is 14.9. The third kappa shape index (κ3) is 4.17. The molecule has 0 radical (unpaired) electrons. The van der Waals surface area contributed by atoms with E-state index in [1.807, 2.05) is 12.1 Å². The molecule has 0 unspecified atom stereocenters. The lowest BCUT2D eigenvalue weighted by atomic mass is 10.0. The molecule has 0 atom stereocenters. The zero-order chi connectivity index (χ0) is 17.8. The van der Waals surface area contributed by atoms with E-state index in [9.17, 15) is 10.1 Å². The van der Waals surface area contributed by atoms with Gasteiger partial charge in [0, 0.05) is 38.8 Å². The van der Waals surface area contributed by atoms with Crippen LogP contribution in [-0.4, -0.2) is 36.0 Å². The van der Waals surface area contributed by atoms with E-state index in [1.54, 1.807) is 12.1 Å². The van der Waals surface area contributed by atoms with Crippen LogP contribution in [-0.2, 0) is 6.54 Å². The highest BCUT2D eigenvalue weighted by Crippen LogP contribution is 2.28. The van der Waals surface area contributed by atoms with Gasteiger partial charge >= 0.3 is 0 Å². The van der Waals surface area contributed by atoms with Gasteiger partial charge in [-0.25, -0.2) is 0 Å². The molecule has 132 valence electrons. The molecule has 0 amide bonds. The van der Waals surface area contributed by atoms with Crippen molar-refractivity contribution in [2.45, 2.75) is 26.3 Å². The van der Waals surface area contributed by atoms with E-state index in [-0.39, 0.29) is 10.6 Å². The Bertz CT molecular complexity index is 720. The molecule has 3 rings (SSSR count).